The minimum Gasteiger partial charge on any atom is -0.443 e. The van der Waals surface area contributed by atoms with E-state index in [2.05, 4.69) is 19.6 Å². The van der Waals surface area contributed by atoms with E-state index in [9.17, 15) is 9.59 Å². The smallest absolute Gasteiger partial charge is 0.418 e. The standard InChI is InChI=1S/C29H46F2N4O4SSi/c1-20-28(5,14-13-24(36)34(6)7)40-25(33-29(20,18-30)22-17-21(32)11-12-23(22)31)35(26(37)39-27(2,3)4)19-38-15-16-41(8,9)10/h11-14,17,20H,15-16,18-19,32H2,1-10H3/b14-13+/t20-,28-,29+/m1/s1. The molecule has 0 fully saturated rings. The van der Waals surface area contributed by atoms with Crippen molar-refractivity contribution in [1.29, 1.82) is 0 Å². The summed E-state index contributed by atoms with van der Waals surface area (Å²) in [5, 5.41) is 0.0919. The molecule has 1 aliphatic heterocycles. The number of aliphatic imine (C=N–C) groups is 1. The molecule has 2 N–H and O–H groups in total. The first kappa shape index (κ1) is 34.8. The Labute approximate surface area is 248 Å². The van der Waals surface area contributed by atoms with Crippen molar-refractivity contribution in [2.24, 2.45) is 10.9 Å². The minimum absolute atomic E-state index is 0.0346. The number of hydrogen-bond donors (Lipinski definition) is 1. The van der Waals surface area contributed by atoms with Crippen LogP contribution in [-0.2, 0) is 19.8 Å². The van der Waals surface area contributed by atoms with Crippen molar-refractivity contribution < 1.29 is 27.8 Å². The van der Waals surface area contributed by atoms with E-state index in [1.54, 1.807) is 47.9 Å². The summed E-state index contributed by atoms with van der Waals surface area (Å²) >= 11 is 1.17. The van der Waals surface area contributed by atoms with Gasteiger partial charge in [0.05, 0.1) is 0 Å². The van der Waals surface area contributed by atoms with Crippen LogP contribution in [0.5, 0.6) is 0 Å². The maximum atomic E-state index is 15.4. The molecule has 2 rings (SSSR count). The van der Waals surface area contributed by atoms with Gasteiger partial charge in [0, 0.05) is 56.8 Å². The third-order valence-electron chi connectivity index (χ3n) is 6.90. The van der Waals surface area contributed by atoms with Crippen molar-refractivity contribution in [3.63, 3.8) is 0 Å². The Morgan fingerprint density at radius 2 is 1.88 bits per heavy atom. The molecule has 0 bridgehead atoms. The largest absolute Gasteiger partial charge is 0.443 e. The monoisotopic (exact) mass is 612 g/mol. The van der Waals surface area contributed by atoms with Crippen LogP contribution in [0.4, 0.5) is 19.3 Å². The van der Waals surface area contributed by atoms with E-state index in [-0.39, 0.29) is 29.1 Å². The van der Waals surface area contributed by atoms with Gasteiger partial charge in [0.25, 0.3) is 0 Å². The molecular weight excluding hydrogens is 566 g/mol. The van der Waals surface area contributed by atoms with Gasteiger partial charge in [-0.15, -0.1) is 0 Å². The normalized spacial score (nSPS) is 23.3. The number of amidine groups is 1. The maximum absolute atomic E-state index is 15.4. The lowest BCUT2D eigenvalue weighted by atomic mass is 9.73. The second-order valence-electron chi connectivity index (χ2n) is 13.0. The van der Waals surface area contributed by atoms with E-state index in [1.807, 2.05) is 6.92 Å². The first-order valence-corrected chi connectivity index (χ1v) is 18.2. The van der Waals surface area contributed by atoms with Crippen molar-refractivity contribution in [2.75, 3.05) is 39.8 Å². The van der Waals surface area contributed by atoms with Gasteiger partial charge in [-0.05, 0) is 51.9 Å². The molecule has 3 atom stereocenters. The number of benzene rings is 1. The van der Waals surface area contributed by atoms with E-state index < -0.39 is 48.5 Å². The fraction of sp³-hybridized carbons (Fsp3) is 0.621. The Hall–Kier alpha value is -2.44. The van der Waals surface area contributed by atoms with E-state index >= 15 is 8.78 Å². The first-order chi connectivity index (χ1) is 18.7. The third kappa shape index (κ3) is 9.02. The summed E-state index contributed by atoms with van der Waals surface area (Å²) in [7, 11) is 1.82. The summed E-state index contributed by atoms with van der Waals surface area (Å²) in [6.45, 7) is 14.6. The SMILES string of the molecule is C[C@@H]1[C@@](C)(/C=C/C(=O)N(C)C)SC(N(COCC[Si](C)(C)C)C(=O)OC(C)(C)C)=N[C@]1(CF)c1cc(N)ccc1F. The molecule has 41 heavy (non-hydrogen) atoms. The molecule has 0 aromatic heterocycles. The quantitative estimate of drug-likeness (QED) is 0.116. The average molecular weight is 613 g/mol. The van der Waals surface area contributed by atoms with Gasteiger partial charge in [-0.1, -0.05) is 44.4 Å². The van der Waals surface area contributed by atoms with Crippen molar-refractivity contribution in [2.45, 2.75) is 76.2 Å². The van der Waals surface area contributed by atoms with Crippen LogP contribution in [0.25, 0.3) is 0 Å². The van der Waals surface area contributed by atoms with Crippen molar-refractivity contribution in [1.82, 2.24) is 9.80 Å². The number of ether oxygens (including phenoxy) is 2. The number of likely N-dealkylation sites (N-methyl/N-ethyl adjacent to an activating group) is 1. The van der Waals surface area contributed by atoms with Gasteiger partial charge < -0.3 is 20.1 Å². The molecule has 1 aliphatic rings. The number of hydrogen-bond acceptors (Lipinski definition) is 7. The van der Waals surface area contributed by atoms with Crippen LogP contribution >= 0.6 is 11.8 Å². The highest BCUT2D eigenvalue weighted by molar-refractivity contribution is 8.15. The highest BCUT2D eigenvalue weighted by Crippen LogP contribution is 2.53. The third-order valence-corrected chi connectivity index (χ3v) is 10.0. The zero-order valence-electron chi connectivity index (χ0n) is 26.0. The molecule has 0 saturated heterocycles. The van der Waals surface area contributed by atoms with Crippen LogP contribution in [0.3, 0.4) is 0 Å². The lowest BCUT2D eigenvalue weighted by Crippen LogP contribution is -2.53. The van der Waals surface area contributed by atoms with Gasteiger partial charge in [0.2, 0.25) is 5.91 Å². The summed E-state index contributed by atoms with van der Waals surface area (Å²) in [6, 6.07) is 4.81. The molecule has 1 aromatic carbocycles. The fourth-order valence-electron chi connectivity index (χ4n) is 4.15. The highest BCUT2D eigenvalue weighted by Gasteiger charge is 2.54. The van der Waals surface area contributed by atoms with Crippen molar-refractivity contribution in [3.05, 3.63) is 41.7 Å². The molecule has 230 valence electrons. The molecule has 0 aliphatic carbocycles. The first-order valence-electron chi connectivity index (χ1n) is 13.6. The van der Waals surface area contributed by atoms with Gasteiger partial charge in [0.1, 0.15) is 30.4 Å². The number of nitrogens with zero attached hydrogens (tertiary/aromatic N) is 3. The fourth-order valence-corrected chi connectivity index (χ4v) is 6.26. The molecule has 1 heterocycles. The molecule has 0 unspecified atom stereocenters. The van der Waals surface area contributed by atoms with Gasteiger partial charge in [-0.3, -0.25) is 4.79 Å². The number of thioether (sulfide) groups is 1. The van der Waals surface area contributed by atoms with Crippen molar-refractivity contribution >= 4 is 42.7 Å². The second-order valence-corrected chi connectivity index (χ2v) is 20.1. The number of nitrogen functional groups attached to an aromatic ring is 1. The van der Waals surface area contributed by atoms with Crippen molar-refractivity contribution in [3.8, 4) is 0 Å². The Balaban J connectivity index is 2.75. The second kappa shape index (κ2) is 13.2. The topological polar surface area (TPSA) is 97.5 Å². The summed E-state index contributed by atoms with van der Waals surface area (Å²) < 4.78 is 41.4. The zero-order valence-corrected chi connectivity index (χ0v) is 27.8. The summed E-state index contributed by atoms with van der Waals surface area (Å²) in [5.74, 6) is -1.63. The zero-order chi connectivity index (χ0) is 31.4. The number of alkyl halides is 1. The predicted molar refractivity (Wildman–Crippen MR) is 166 cm³/mol. The van der Waals surface area contributed by atoms with Gasteiger partial charge >= 0.3 is 6.09 Å². The number of anilines is 1. The van der Waals surface area contributed by atoms with Crippen LogP contribution < -0.4 is 5.73 Å². The van der Waals surface area contributed by atoms with Crippen LogP contribution in [0.2, 0.25) is 25.7 Å². The molecule has 2 amide bonds. The van der Waals surface area contributed by atoms with E-state index in [4.69, 9.17) is 20.2 Å². The lowest BCUT2D eigenvalue weighted by Gasteiger charge is -2.48. The molecule has 1 aromatic rings. The minimum atomic E-state index is -1.76. The number of carbonyl (C=O) groups excluding carboxylic acids is 2. The molecule has 12 heteroatoms. The van der Waals surface area contributed by atoms with Crippen LogP contribution in [-0.4, -0.2) is 79.5 Å². The lowest BCUT2D eigenvalue weighted by molar-refractivity contribution is -0.123. The molecule has 0 saturated carbocycles. The Bertz CT molecular complexity index is 1170. The molecule has 8 nitrogen and oxygen atoms in total. The van der Waals surface area contributed by atoms with E-state index in [1.165, 1.54) is 45.8 Å². The number of rotatable bonds is 9. The number of halogens is 2. The van der Waals surface area contributed by atoms with Crippen LogP contribution in [0, 0.1) is 11.7 Å². The van der Waals surface area contributed by atoms with Gasteiger partial charge in [0.15, 0.2) is 5.17 Å². The summed E-state index contributed by atoms with van der Waals surface area (Å²) in [5.41, 5.74) is 3.62. The highest BCUT2D eigenvalue weighted by atomic mass is 32.2. The number of carbonyl (C=O) groups is 2. The van der Waals surface area contributed by atoms with Crippen LogP contribution in [0.1, 0.15) is 40.2 Å². The maximum Gasteiger partial charge on any atom is 0.418 e. The molecular formula is C29H46F2N4O4SSi. The molecule has 0 spiro atoms. The molecule has 0 radical (unpaired) electrons. The number of nitrogens with two attached hydrogens (primary N) is 1. The van der Waals surface area contributed by atoms with Crippen LogP contribution in [0.15, 0.2) is 35.3 Å². The van der Waals surface area contributed by atoms with E-state index in [0.29, 0.717) is 6.61 Å². The summed E-state index contributed by atoms with van der Waals surface area (Å²) in [4.78, 5) is 33.4. The Morgan fingerprint density at radius 1 is 1.24 bits per heavy atom. The average Bonchev–Trinajstić information content (AvgIpc) is 2.84. The van der Waals surface area contributed by atoms with Gasteiger partial charge in [-0.25, -0.2) is 23.5 Å². The van der Waals surface area contributed by atoms with E-state index in [0.717, 1.165) is 6.04 Å². The Kier molecular flexibility index (Phi) is 11.2. The predicted octanol–water partition coefficient (Wildman–Crippen LogP) is 6.26. The van der Waals surface area contributed by atoms with Gasteiger partial charge in [-0.2, -0.15) is 0 Å². The Morgan fingerprint density at radius 3 is 2.41 bits per heavy atom. The summed E-state index contributed by atoms with van der Waals surface area (Å²) in [6.07, 6.45) is 2.32. The number of amides is 2.